The van der Waals surface area contributed by atoms with Gasteiger partial charge in [-0.1, -0.05) is 36.4 Å². The number of rotatable bonds is 7. The molecule has 1 saturated heterocycles. The average Bonchev–Trinajstić information content (AvgIpc) is 3.34. The molecule has 4 nitrogen and oxygen atoms in total. The zero-order chi connectivity index (χ0) is 19.2. The molecule has 0 amide bonds. The first kappa shape index (κ1) is 22.3. The van der Waals surface area contributed by atoms with Crippen molar-refractivity contribution in [2.45, 2.75) is 28.9 Å². The minimum Gasteiger partial charge on any atom is -0.371 e. The summed E-state index contributed by atoms with van der Waals surface area (Å²) in [6.45, 7) is 4.19. The normalized spacial score (nSPS) is 20.1. The minimum absolute atomic E-state index is 0. The van der Waals surface area contributed by atoms with Crippen molar-refractivity contribution in [2.75, 3.05) is 38.1 Å². The van der Waals surface area contributed by atoms with Gasteiger partial charge in [0.1, 0.15) is 0 Å². The molecule has 1 atom stereocenters. The van der Waals surface area contributed by atoms with Crippen LogP contribution in [0, 0.1) is 5.92 Å². The molecule has 1 saturated carbocycles. The second kappa shape index (κ2) is 10.6. The lowest BCUT2D eigenvalue weighted by Gasteiger charge is -2.21. The third kappa shape index (κ3) is 6.28. The number of nitrogens with one attached hydrogen (secondary N) is 2. The van der Waals surface area contributed by atoms with Crippen LogP contribution in [0.4, 0.5) is 5.69 Å². The van der Waals surface area contributed by atoms with Crippen LogP contribution in [0.3, 0.4) is 0 Å². The number of thioether (sulfide) groups is 1. The van der Waals surface area contributed by atoms with Crippen LogP contribution in [0.5, 0.6) is 0 Å². The molecule has 2 aromatic carbocycles. The monoisotopic (exact) mass is 522 g/mol. The quantitative estimate of drug-likeness (QED) is 0.316. The van der Waals surface area contributed by atoms with Gasteiger partial charge >= 0.3 is 0 Å². The molecule has 2 N–H and O–H groups in total. The van der Waals surface area contributed by atoms with Gasteiger partial charge in [-0.15, -0.1) is 35.7 Å². The third-order valence-corrected chi connectivity index (χ3v) is 7.15. The number of benzene rings is 2. The number of halogens is 1. The molecule has 156 valence electrons. The molecule has 0 spiro atoms. The maximum absolute atomic E-state index is 4.44. The van der Waals surface area contributed by atoms with Crippen molar-refractivity contribution in [1.82, 2.24) is 10.6 Å². The van der Waals surface area contributed by atoms with Crippen LogP contribution in [-0.2, 0) is 0 Å². The van der Waals surface area contributed by atoms with E-state index in [1.165, 1.54) is 29.8 Å². The van der Waals surface area contributed by atoms with Crippen molar-refractivity contribution < 1.29 is 0 Å². The highest BCUT2D eigenvalue weighted by Gasteiger charge is 2.43. The van der Waals surface area contributed by atoms with Gasteiger partial charge in [0.05, 0.1) is 0 Å². The highest BCUT2D eigenvalue weighted by Crippen LogP contribution is 2.51. The van der Waals surface area contributed by atoms with Crippen LogP contribution in [0.15, 0.2) is 70.6 Å². The fourth-order valence-electron chi connectivity index (χ4n) is 3.77. The molecule has 0 bridgehead atoms. The van der Waals surface area contributed by atoms with Gasteiger partial charge in [0.2, 0.25) is 0 Å². The summed E-state index contributed by atoms with van der Waals surface area (Å²) in [5.41, 5.74) is 1.33. The Morgan fingerprint density at radius 3 is 2.41 bits per heavy atom. The van der Waals surface area contributed by atoms with Crippen molar-refractivity contribution in [3.05, 3.63) is 60.7 Å². The summed E-state index contributed by atoms with van der Waals surface area (Å²) >= 11 is 2.00. The van der Waals surface area contributed by atoms with E-state index in [2.05, 4.69) is 81.2 Å². The van der Waals surface area contributed by atoms with Gasteiger partial charge < -0.3 is 15.5 Å². The maximum Gasteiger partial charge on any atom is 0.191 e. The third-order valence-electron chi connectivity index (χ3n) is 5.65. The molecule has 1 aliphatic carbocycles. The van der Waals surface area contributed by atoms with Gasteiger partial charge in [0.15, 0.2) is 5.96 Å². The van der Waals surface area contributed by atoms with Gasteiger partial charge in [-0.25, -0.2) is 0 Å². The summed E-state index contributed by atoms with van der Waals surface area (Å²) in [7, 11) is 1.87. The molecule has 6 heteroatoms. The van der Waals surface area contributed by atoms with Gasteiger partial charge in [-0.2, -0.15) is 0 Å². The lowest BCUT2D eigenvalue weighted by atomic mass is 10.1. The molecule has 29 heavy (non-hydrogen) atoms. The predicted octanol–water partition coefficient (Wildman–Crippen LogP) is 4.62. The number of anilines is 1. The molecule has 0 radical (unpaired) electrons. The van der Waals surface area contributed by atoms with Crippen LogP contribution in [0.1, 0.15) is 19.3 Å². The van der Waals surface area contributed by atoms with E-state index in [4.69, 9.17) is 0 Å². The highest BCUT2D eigenvalue weighted by atomic mass is 127. The molecular weight excluding hydrogens is 491 g/mol. The lowest BCUT2D eigenvalue weighted by Crippen LogP contribution is -2.43. The predicted molar refractivity (Wildman–Crippen MR) is 136 cm³/mol. The molecule has 4 rings (SSSR count). The highest BCUT2D eigenvalue weighted by molar-refractivity contribution is 14.0. The van der Waals surface area contributed by atoms with E-state index in [0.29, 0.717) is 10.7 Å². The molecule has 1 aliphatic heterocycles. The molecule has 2 fully saturated rings. The van der Waals surface area contributed by atoms with Crippen LogP contribution in [-0.4, -0.2) is 43.9 Å². The summed E-state index contributed by atoms with van der Waals surface area (Å²) in [6, 6.07) is 21.5. The van der Waals surface area contributed by atoms with E-state index in [9.17, 15) is 0 Å². The Morgan fingerprint density at radius 2 is 1.76 bits per heavy atom. The molecular formula is C23H31IN4S. The summed E-state index contributed by atoms with van der Waals surface area (Å²) in [6.07, 6.45) is 3.77. The minimum atomic E-state index is 0. The summed E-state index contributed by atoms with van der Waals surface area (Å²) in [4.78, 5) is 8.28. The topological polar surface area (TPSA) is 39.7 Å². The summed E-state index contributed by atoms with van der Waals surface area (Å²) in [5, 5.41) is 7.11. The fraction of sp³-hybridized carbons (Fsp3) is 0.435. The van der Waals surface area contributed by atoms with Gasteiger partial charge in [0, 0.05) is 48.6 Å². The van der Waals surface area contributed by atoms with E-state index in [-0.39, 0.29) is 24.0 Å². The second-order valence-corrected chi connectivity index (χ2v) is 9.38. The Bertz CT molecular complexity index is 780. The first-order chi connectivity index (χ1) is 13.8. The standard InChI is InChI=1S/C23H30N4S.HI/c1-24-22(26-18-23(13-14-23)28-21-10-6-3-7-11-21)25-16-19-12-15-27(17-19)20-8-4-2-5-9-20;/h2-11,19H,12-18H2,1H3,(H2,24,25,26);1H. The Kier molecular flexibility index (Phi) is 8.12. The van der Waals surface area contributed by atoms with E-state index in [1.807, 2.05) is 18.8 Å². The van der Waals surface area contributed by atoms with E-state index in [1.54, 1.807) is 0 Å². The number of aliphatic imine (C=N–C) groups is 1. The maximum atomic E-state index is 4.44. The Hall–Kier alpha value is -1.41. The summed E-state index contributed by atoms with van der Waals surface area (Å²) in [5.74, 6) is 1.59. The van der Waals surface area contributed by atoms with Crippen molar-refractivity contribution in [3.63, 3.8) is 0 Å². The summed E-state index contributed by atoms with van der Waals surface area (Å²) < 4.78 is 0.330. The molecule has 2 aliphatic rings. The molecule has 1 unspecified atom stereocenters. The van der Waals surface area contributed by atoms with E-state index in [0.717, 1.165) is 32.1 Å². The van der Waals surface area contributed by atoms with E-state index >= 15 is 0 Å². The van der Waals surface area contributed by atoms with Crippen molar-refractivity contribution in [2.24, 2.45) is 10.9 Å². The van der Waals surface area contributed by atoms with Crippen LogP contribution in [0.2, 0.25) is 0 Å². The second-order valence-electron chi connectivity index (χ2n) is 7.84. The molecule has 2 aromatic rings. The van der Waals surface area contributed by atoms with Crippen molar-refractivity contribution in [3.8, 4) is 0 Å². The van der Waals surface area contributed by atoms with Crippen molar-refractivity contribution >= 4 is 47.4 Å². The fourth-order valence-corrected chi connectivity index (χ4v) is 5.02. The molecule has 0 aromatic heterocycles. The first-order valence-electron chi connectivity index (χ1n) is 10.2. The SMILES string of the molecule is CN=C(NCC1CCN(c2ccccc2)C1)NCC1(Sc2ccccc2)CC1.I. The number of hydrogen-bond acceptors (Lipinski definition) is 3. The number of para-hydroxylation sites is 1. The number of hydrogen-bond donors (Lipinski definition) is 2. The Labute approximate surface area is 196 Å². The van der Waals surface area contributed by atoms with Crippen molar-refractivity contribution in [1.29, 1.82) is 0 Å². The molecule has 1 heterocycles. The van der Waals surface area contributed by atoms with E-state index < -0.39 is 0 Å². The first-order valence-corrected chi connectivity index (χ1v) is 11.1. The van der Waals surface area contributed by atoms with Crippen LogP contribution in [0.25, 0.3) is 0 Å². The zero-order valence-corrected chi connectivity index (χ0v) is 20.2. The van der Waals surface area contributed by atoms with Crippen LogP contribution >= 0.6 is 35.7 Å². The Morgan fingerprint density at radius 1 is 1.07 bits per heavy atom. The lowest BCUT2D eigenvalue weighted by molar-refractivity contribution is 0.565. The van der Waals surface area contributed by atoms with Gasteiger partial charge in [-0.05, 0) is 49.4 Å². The average molecular weight is 523 g/mol. The number of guanidine groups is 1. The van der Waals surface area contributed by atoms with Gasteiger partial charge in [0.25, 0.3) is 0 Å². The zero-order valence-electron chi connectivity index (χ0n) is 17.0. The largest absolute Gasteiger partial charge is 0.371 e. The number of nitrogens with zero attached hydrogens (tertiary/aromatic N) is 2. The van der Waals surface area contributed by atoms with Gasteiger partial charge in [-0.3, -0.25) is 4.99 Å². The van der Waals surface area contributed by atoms with Crippen LogP contribution < -0.4 is 15.5 Å². The smallest absolute Gasteiger partial charge is 0.191 e. The Balaban J connectivity index is 0.00000240.